The number of carboxylic acid groups (broad SMARTS) is 1. The molecule has 0 aliphatic heterocycles. The number of thioether (sulfide) groups is 1. The van der Waals surface area contributed by atoms with Crippen molar-refractivity contribution < 1.29 is 15.0 Å². The number of benzene rings is 1. The number of nitrogens with zero attached hydrogens (tertiary/aromatic N) is 1. The van der Waals surface area contributed by atoms with Crippen LogP contribution in [0.4, 0.5) is 0 Å². The van der Waals surface area contributed by atoms with Gasteiger partial charge in [-0.2, -0.15) is 0 Å². The lowest BCUT2D eigenvalue weighted by molar-refractivity contribution is -0.145. The average molecular weight is 255 g/mol. The maximum atomic E-state index is 10.4. The normalized spacial score (nSPS) is 12.8. The predicted molar refractivity (Wildman–Crippen MR) is 64.0 cm³/mol. The summed E-state index contributed by atoms with van der Waals surface area (Å²) in [6, 6.07) is 7.71. The first kappa shape index (κ1) is 11.4. The zero-order chi connectivity index (χ0) is 11.5. The Balaban J connectivity index is 2.07. The Hall–Kier alpha value is -1.11. The van der Waals surface area contributed by atoms with E-state index in [-0.39, 0.29) is 5.75 Å². The molecule has 1 heterocycles. The molecule has 1 unspecified atom stereocenters. The van der Waals surface area contributed by atoms with Gasteiger partial charge < -0.3 is 10.2 Å². The lowest BCUT2D eigenvalue weighted by Gasteiger charge is -2.01. The molecule has 0 saturated carbocycles. The predicted octanol–water partition coefficient (Wildman–Crippen LogP) is 1.83. The van der Waals surface area contributed by atoms with Crippen molar-refractivity contribution in [2.24, 2.45) is 0 Å². The summed E-state index contributed by atoms with van der Waals surface area (Å²) >= 11 is 2.76. The lowest BCUT2D eigenvalue weighted by Crippen LogP contribution is -2.21. The molecule has 0 aliphatic rings. The van der Waals surface area contributed by atoms with Crippen molar-refractivity contribution in [3.63, 3.8) is 0 Å². The number of carboxylic acids is 1. The number of aromatic nitrogens is 1. The SMILES string of the molecule is O=C(O)C(O)CSc1nc2ccccc2s1. The summed E-state index contributed by atoms with van der Waals surface area (Å²) in [7, 11) is 0. The molecule has 0 amide bonds. The second kappa shape index (κ2) is 4.82. The first-order valence-electron chi connectivity index (χ1n) is 4.56. The topological polar surface area (TPSA) is 70.4 Å². The van der Waals surface area contributed by atoms with Gasteiger partial charge in [0.15, 0.2) is 10.4 Å². The quantitative estimate of drug-likeness (QED) is 0.816. The number of fused-ring (bicyclic) bond motifs is 1. The fourth-order valence-corrected chi connectivity index (χ4v) is 3.15. The van der Waals surface area contributed by atoms with E-state index in [0.29, 0.717) is 0 Å². The number of thiazole rings is 1. The smallest absolute Gasteiger partial charge is 0.333 e. The maximum Gasteiger partial charge on any atom is 0.333 e. The molecule has 2 N–H and O–H groups in total. The summed E-state index contributed by atoms with van der Waals surface area (Å²) in [4.78, 5) is 14.7. The summed E-state index contributed by atoms with van der Waals surface area (Å²) in [5.41, 5.74) is 0.903. The van der Waals surface area contributed by atoms with Crippen LogP contribution in [0.1, 0.15) is 0 Å². The van der Waals surface area contributed by atoms with Gasteiger partial charge in [0.2, 0.25) is 0 Å². The van der Waals surface area contributed by atoms with Gasteiger partial charge in [0.25, 0.3) is 0 Å². The highest BCUT2D eigenvalue weighted by molar-refractivity contribution is 8.01. The molecule has 0 fully saturated rings. The second-order valence-corrected chi connectivity index (χ2v) is 5.41. The van der Waals surface area contributed by atoms with Crippen molar-refractivity contribution in [3.8, 4) is 0 Å². The van der Waals surface area contributed by atoms with Crippen LogP contribution in [0.15, 0.2) is 28.6 Å². The summed E-state index contributed by atoms with van der Waals surface area (Å²) in [5, 5.41) is 17.6. The molecule has 1 aromatic carbocycles. The van der Waals surface area contributed by atoms with Crippen molar-refractivity contribution in [1.82, 2.24) is 4.98 Å². The van der Waals surface area contributed by atoms with Crippen molar-refractivity contribution >= 4 is 39.3 Å². The Morgan fingerprint density at radius 2 is 2.25 bits per heavy atom. The monoisotopic (exact) mass is 255 g/mol. The Morgan fingerprint density at radius 1 is 1.50 bits per heavy atom. The molecular weight excluding hydrogens is 246 g/mol. The van der Waals surface area contributed by atoms with Crippen molar-refractivity contribution in [1.29, 1.82) is 0 Å². The minimum Gasteiger partial charge on any atom is -0.479 e. The molecule has 0 aliphatic carbocycles. The number of hydrogen-bond acceptors (Lipinski definition) is 5. The zero-order valence-electron chi connectivity index (χ0n) is 8.16. The highest BCUT2D eigenvalue weighted by Gasteiger charge is 2.14. The largest absolute Gasteiger partial charge is 0.479 e. The van der Waals surface area contributed by atoms with Gasteiger partial charge in [-0.15, -0.1) is 11.3 Å². The van der Waals surface area contributed by atoms with Crippen molar-refractivity contribution in [2.45, 2.75) is 10.4 Å². The van der Waals surface area contributed by atoms with E-state index in [1.807, 2.05) is 24.3 Å². The average Bonchev–Trinajstić information content (AvgIpc) is 2.68. The van der Waals surface area contributed by atoms with Crippen LogP contribution in [0.5, 0.6) is 0 Å². The summed E-state index contributed by atoms with van der Waals surface area (Å²) < 4.78 is 1.84. The van der Waals surface area contributed by atoms with Crippen LogP contribution >= 0.6 is 23.1 Å². The highest BCUT2D eigenvalue weighted by Crippen LogP contribution is 2.29. The third-order valence-corrected chi connectivity index (χ3v) is 4.18. The Labute approximate surface area is 99.9 Å². The first-order chi connectivity index (χ1) is 7.66. The highest BCUT2D eigenvalue weighted by atomic mass is 32.2. The maximum absolute atomic E-state index is 10.4. The van der Waals surface area contributed by atoms with Gasteiger partial charge in [0, 0.05) is 5.75 Å². The molecule has 0 bridgehead atoms. The molecule has 84 valence electrons. The van der Waals surface area contributed by atoms with E-state index in [2.05, 4.69) is 4.98 Å². The van der Waals surface area contributed by atoms with Crippen molar-refractivity contribution in [2.75, 3.05) is 5.75 Å². The Bertz CT molecular complexity index is 478. The number of carbonyl (C=O) groups is 1. The van der Waals surface area contributed by atoms with E-state index >= 15 is 0 Å². The molecule has 2 rings (SSSR count). The Morgan fingerprint density at radius 3 is 2.94 bits per heavy atom. The summed E-state index contributed by atoms with van der Waals surface area (Å²) in [6.07, 6.45) is -1.34. The summed E-state index contributed by atoms with van der Waals surface area (Å²) in [5.74, 6) is -1.08. The van der Waals surface area contributed by atoms with E-state index in [4.69, 9.17) is 10.2 Å². The van der Waals surface area contributed by atoms with E-state index in [1.54, 1.807) is 0 Å². The molecule has 0 spiro atoms. The molecule has 0 radical (unpaired) electrons. The van der Waals surface area contributed by atoms with E-state index in [1.165, 1.54) is 23.1 Å². The minimum atomic E-state index is -1.34. The minimum absolute atomic E-state index is 0.120. The number of aliphatic carboxylic acids is 1. The van der Waals surface area contributed by atoms with E-state index in [0.717, 1.165) is 14.6 Å². The van der Waals surface area contributed by atoms with Crippen LogP contribution < -0.4 is 0 Å². The van der Waals surface area contributed by atoms with Gasteiger partial charge in [-0.1, -0.05) is 23.9 Å². The van der Waals surface area contributed by atoms with Gasteiger partial charge in [-0.25, -0.2) is 9.78 Å². The Kier molecular flexibility index (Phi) is 3.42. The molecule has 1 atom stereocenters. The summed E-state index contributed by atoms with van der Waals surface area (Å²) in [6.45, 7) is 0. The van der Waals surface area contributed by atoms with Crippen LogP contribution in [-0.4, -0.2) is 33.0 Å². The molecule has 0 saturated heterocycles. The van der Waals surface area contributed by atoms with Crippen LogP contribution in [0.3, 0.4) is 0 Å². The van der Waals surface area contributed by atoms with Gasteiger partial charge in [0.05, 0.1) is 10.2 Å². The van der Waals surface area contributed by atoms with E-state index < -0.39 is 12.1 Å². The van der Waals surface area contributed by atoms with Gasteiger partial charge in [-0.05, 0) is 12.1 Å². The zero-order valence-corrected chi connectivity index (χ0v) is 9.79. The van der Waals surface area contributed by atoms with Crippen LogP contribution in [0.2, 0.25) is 0 Å². The fraction of sp³-hybridized carbons (Fsp3) is 0.200. The van der Waals surface area contributed by atoms with Crippen LogP contribution in [-0.2, 0) is 4.79 Å². The first-order valence-corrected chi connectivity index (χ1v) is 6.36. The second-order valence-electron chi connectivity index (χ2n) is 3.11. The number of aliphatic hydroxyl groups is 1. The fourth-order valence-electron chi connectivity index (χ4n) is 1.13. The van der Waals surface area contributed by atoms with Crippen LogP contribution in [0.25, 0.3) is 10.2 Å². The molecule has 2 aromatic rings. The van der Waals surface area contributed by atoms with Gasteiger partial charge >= 0.3 is 5.97 Å². The third-order valence-electron chi connectivity index (χ3n) is 1.92. The van der Waals surface area contributed by atoms with Gasteiger partial charge in [-0.3, -0.25) is 0 Å². The third kappa shape index (κ3) is 2.52. The standard InChI is InChI=1S/C10H9NO3S2/c12-7(9(13)14)5-15-10-11-6-3-1-2-4-8(6)16-10/h1-4,7,12H,5H2,(H,13,14). The molecule has 1 aromatic heterocycles. The molecule has 16 heavy (non-hydrogen) atoms. The number of hydrogen-bond donors (Lipinski definition) is 2. The van der Waals surface area contributed by atoms with Gasteiger partial charge in [0.1, 0.15) is 0 Å². The molecule has 6 heteroatoms. The lowest BCUT2D eigenvalue weighted by atomic mass is 10.3. The number of para-hydroxylation sites is 1. The number of rotatable bonds is 4. The van der Waals surface area contributed by atoms with E-state index in [9.17, 15) is 4.79 Å². The molecular formula is C10H9NO3S2. The van der Waals surface area contributed by atoms with Crippen molar-refractivity contribution in [3.05, 3.63) is 24.3 Å². The van der Waals surface area contributed by atoms with Crippen LogP contribution in [0, 0.1) is 0 Å². The number of aliphatic hydroxyl groups excluding tert-OH is 1. The molecule has 4 nitrogen and oxygen atoms in total.